The van der Waals surface area contributed by atoms with Gasteiger partial charge in [0, 0.05) is 14.1 Å². The lowest BCUT2D eigenvalue weighted by atomic mass is 10.4. The Morgan fingerprint density at radius 3 is 2.55 bits per heavy atom. The number of anilines is 1. The van der Waals surface area contributed by atoms with Crippen molar-refractivity contribution in [3.63, 3.8) is 0 Å². The summed E-state index contributed by atoms with van der Waals surface area (Å²) in [5, 5.41) is 0.511. The Balaban J connectivity index is 3.13. The lowest BCUT2D eigenvalue weighted by Gasteiger charge is -2.12. The standard InChI is InChI=1S/C7H8BrClN2/c1-11(2)7-5(8)3-4-6(9)10-7/h3-4H,1-2H3. The number of aromatic nitrogens is 1. The van der Waals surface area contributed by atoms with Gasteiger partial charge in [-0.15, -0.1) is 0 Å². The van der Waals surface area contributed by atoms with Gasteiger partial charge in [-0.1, -0.05) is 11.6 Å². The van der Waals surface area contributed by atoms with Gasteiger partial charge < -0.3 is 4.90 Å². The smallest absolute Gasteiger partial charge is 0.144 e. The van der Waals surface area contributed by atoms with E-state index in [1.165, 1.54) is 0 Å². The molecule has 0 unspecified atom stereocenters. The Bertz CT molecular complexity index is 263. The van der Waals surface area contributed by atoms with Gasteiger partial charge in [0.25, 0.3) is 0 Å². The molecule has 0 spiro atoms. The van der Waals surface area contributed by atoms with Crippen molar-refractivity contribution in [2.75, 3.05) is 19.0 Å². The summed E-state index contributed by atoms with van der Waals surface area (Å²) in [6.45, 7) is 0. The molecule has 0 saturated carbocycles. The van der Waals surface area contributed by atoms with E-state index in [0.717, 1.165) is 10.3 Å². The SMILES string of the molecule is CN(C)c1nc(Cl)ccc1Br. The van der Waals surface area contributed by atoms with Crippen LogP contribution in [-0.2, 0) is 0 Å². The number of nitrogens with zero attached hydrogens (tertiary/aromatic N) is 2. The van der Waals surface area contributed by atoms with Gasteiger partial charge in [0.1, 0.15) is 11.0 Å². The Hall–Kier alpha value is -0.280. The van der Waals surface area contributed by atoms with E-state index in [-0.39, 0.29) is 0 Å². The van der Waals surface area contributed by atoms with Gasteiger partial charge in [0.15, 0.2) is 0 Å². The zero-order chi connectivity index (χ0) is 8.43. The van der Waals surface area contributed by atoms with E-state index in [1.807, 2.05) is 25.1 Å². The van der Waals surface area contributed by atoms with Crippen LogP contribution in [0.25, 0.3) is 0 Å². The van der Waals surface area contributed by atoms with Crippen LogP contribution in [0.5, 0.6) is 0 Å². The molecule has 1 aromatic rings. The first-order valence-electron chi connectivity index (χ1n) is 3.10. The zero-order valence-electron chi connectivity index (χ0n) is 6.31. The van der Waals surface area contributed by atoms with Crippen LogP contribution < -0.4 is 4.90 Å². The Morgan fingerprint density at radius 2 is 2.09 bits per heavy atom. The van der Waals surface area contributed by atoms with E-state index in [2.05, 4.69) is 20.9 Å². The average Bonchev–Trinajstić information content (AvgIpc) is 1.94. The Morgan fingerprint density at radius 1 is 1.45 bits per heavy atom. The minimum absolute atomic E-state index is 0.511. The summed E-state index contributed by atoms with van der Waals surface area (Å²) in [6, 6.07) is 3.63. The Kier molecular flexibility index (Phi) is 2.73. The first kappa shape index (κ1) is 8.81. The fourth-order valence-electron chi connectivity index (χ4n) is 0.722. The summed E-state index contributed by atoms with van der Waals surface area (Å²) in [7, 11) is 3.84. The maximum absolute atomic E-state index is 5.70. The molecular formula is C7H8BrClN2. The molecule has 0 aromatic carbocycles. The van der Waals surface area contributed by atoms with Crippen LogP contribution >= 0.6 is 27.5 Å². The molecule has 60 valence electrons. The molecule has 0 radical (unpaired) electrons. The van der Waals surface area contributed by atoms with Crippen LogP contribution in [-0.4, -0.2) is 19.1 Å². The fraction of sp³-hybridized carbons (Fsp3) is 0.286. The highest BCUT2D eigenvalue weighted by molar-refractivity contribution is 9.10. The minimum atomic E-state index is 0.511. The molecule has 1 heterocycles. The van der Waals surface area contributed by atoms with E-state index in [1.54, 1.807) is 6.07 Å². The average molecular weight is 236 g/mol. The third-order valence-electron chi connectivity index (χ3n) is 1.22. The van der Waals surface area contributed by atoms with Gasteiger partial charge in [-0.3, -0.25) is 0 Å². The van der Waals surface area contributed by atoms with E-state index in [9.17, 15) is 0 Å². The highest BCUT2D eigenvalue weighted by atomic mass is 79.9. The monoisotopic (exact) mass is 234 g/mol. The molecule has 4 heteroatoms. The summed E-state index contributed by atoms with van der Waals surface area (Å²) in [5.41, 5.74) is 0. The molecule has 0 N–H and O–H groups in total. The molecule has 0 fully saturated rings. The van der Waals surface area contributed by atoms with Crippen LogP contribution in [0.1, 0.15) is 0 Å². The van der Waals surface area contributed by atoms with E-state index in [0.29, 0.717) is 5.15 Å². The second-order valence-corrected chi connectivity index (χ2v) is 3.58. The van der Waals surface area contributed by atoms with Crippen molar-refractivity contribution in [2.45, 2.75) is 0 Å². The molecule has 2 nitrogen and oxygen atoms in total. The molecule has 0 bridgehead atoms. The van der Waals surface area contributed by atoms with Crippen molar-refractivity contribution in [3.05, 3.63) is 21.8 Å². The molecule has 1 aromatic heterocycles. The van der Waals surface area contributed by atoms with Gasteiger partial charge >= 0.3 is 0 Å². The topological polar surface area (TPSA) is 16.1 Å². The zero-order valence-corrected chi connectivity index (χ0v) is 8.65. The second kappa shape index (κ2) is 3.41. The number of rotatable bonds is 1. The van der Waals surface area contributed by atoms with Crippen LogP contribution in [0, 0.1) is 0 Å². The van der Waals surface area contributed by atoms with Crippen LogP contribution in [0.3, 0.4) is 0 Å². The number of pyridine rings is 1. The molecule has 0 atom stereocenters. The van der Waals surface area contributed by atoms with E-state index >= 15 is 0 Å². The van der Waals surface area contributed by atoms with Crippen molar-refractivity contribution in [3.8, 4) is 0 Å². The highest BCUT2D eigenvalue weighted by Gasteiger charge is 2.03. The first-order chi connectivity index (χ1) is 5.11. The Labute approximate surface area is 79.3 Å². The van der Waals surface area contributed by atoms with Crippen LogP contribution in [0.4, 0.5) is 5.82 Å². The largest absolute Gasteiger partial charge is 0.362 e. The lowest BCUT2D eigenvalue weighted by Crippen LogP contribution is -2.11. The predicted molar refractivity (Wildman–Crippen MR) is 51.3 cm³/mol. The summed E-state index contributed by atoms with van der Waals surface area (Å²) in [5.74, 6) is 0.845. The number of halogens is 2. The van der Waals surface area contributed by atoms with Gasteiger partial charge in [0.05, 0.1) is 4.47 Å². The van der Waals surface area contributed by atoms with Crippen molar-refractivity contribution in [1.82, 2.24) is 4.98 Å². The molecule has 1 rings (SSSR count). The minimum Gasteiger partial charge on any atom is -0.362 e. The lowest BCUT2D eigenvalue weighted by molar-refractivity contribution is 1.06. The summed E-state index contributed by atoms with van der Waals surface area (Å²) in [6.07, 6.45) is 0. The van der Waals surface area contributed by atoms with E-state index < -0.39 is 0 Å². The van der Waals surface area contributed by atoms with Crippen molar-refractivity contribution >= 4 is 33.3 Å². The second-order valence-electron chi connectivity index (χ2n) is 2.33. The normalized spacial score (nSPS) is 9.82. The quantitative estimate of drug-likeness (QED) is 0.696. The maximum atomic E-state index is 5.70. The van der Waals surface area contributed by atoms with Crippen molar-refractivity contribution < 1.29 is 0 Å². The maximum Gasteiger partial charge on any atom is 0.144 e. The predicted octanol–water partition coefficient (Wildman–Crippen LogP) is 2.56. The van der Waals surface area contributed by atoms with Gasteiger partial charge in [-0.2, -0.15) is 0 Å². The molecule has 0 aliphatic rings. The third-order valence-corrected chi connectivity index (χ3v) is 2.05. The van der Waals surface area contributed by atoms with Gasteiger partial charge in [0.2, 0.25) is 0 Å². The molecule has 0 aliphatic heterocycles. The number of hydrogen-bond acceptors (Lipinski definition) is 2. The summed E-state index contributed by atoms with van der Waals surface area (Å²) >= 11 is 9.07. The van der Waals surface area contributed by atoms with Crippen molar-refractivity contribution in [2.24, 2.45) is 0 Å². The number of hydrogen-bond donors (Lipinski definition) is 0. The molecule has 0 aliphatic carbocycles. The summed E-state index contributed by atoms with van der Waals surface area (Å²) in [4.78, 5) is 6.02. The third kappa shape index (κ3) is 2.07. The summed E-state index contributed by atoms with van der Waals surface area (Å²) < 4.78 is 0.951. The highest BCUT2D eigenvalue weighted by Crippen LogP contribution is 2.23. The van der Waals surface area contributed by atoms with E-state index in [4.69, 9.17) is 11.6 Å². The molecular weight excluding hydrogens is 227 g/mol. The molecule has 0 amide bonds. The van der Waals surface area contributed by atoms with Crippen molar-refractivity contribution in [1.29, 1.82) is 0 Å². The van der Waals surface area contributed by atoms with Crippen LogP contribution in [0.2, 0.25) is 5.15 Å². The van der Waals surface area contributed by atoms with Crippen LogP contribution in [0.15, 0.2) is 16.6 Å². The molecule has 0 saturated heterocycles. The molecule has 11 heavy (non-hydrogen) atoms. The van der Waals surface area contributed by atoms with Gasteiger partial charge in [-0.25, -0.2) is 4.98 Å². The first-order valence-corrected chi connectivity index (χ1v) is 4.27. The fourth-order valence-corrected chi connectivity index (χ4v) is 1.44. The van der Waals surface area contributed by atoms with Gasteiger partial charge in [-0.05, 0) is 28.1 Å².